The summed E-state index contributed by atoms with van der Waals surface area (Å²) in [7, 11) is 0. The molecule has 27 heavy (non-hydrogen) atoms. The van der Waals surface area contributed by atoms with Gasteiger partial charge in [-0.1, -0.05) is 12.1 Å². The Morgan fingerprint density at radius 2 is 1.96 bits per heavy atom. The molecule has 2 aromatic rings. The monoisotopic (exact) mass is 381 g/mol. The van der Waals surface area contributed by atoms with E-state index in [4.69, 9.17) is 9.47 Å². The number of phenolic OH excluding ortho intramolecular Hbond substituents is 1. The van der Waals surface area contributed by atoms with E-state index in [1.165, 1.54) is 12.1 Å². The Hall–Kier alpha value is -2.29. The summed E-state index contributed by atoms with van der Waals surface area (Å²) in [5.74, 6) is 0.0778. The van der Waals surface area contributed by atoms with Crippen LogP contribution in [0.1, 0.15) is 28.8 Å². The molecule has 3 N–H and O–H groups in total. The van der Waals surface area contributed by atoms with E-state index >= 15 is 0 Å². The van der Waals surface area contributed by atoms with Crippen LogP contribution in [0.25, 0.3) is 0 Å². The second kappa shape index (κ2) is 6.70. The van der Waals surface area contributed by atoms with Crippen LogP contribution in [-0.4, -0.2) is 35.6 Å². The summed E-state index contributed by atoms with van der Waals surface area (Å²) in [5.41, 5.74) is 0.790. The number of fused-ring (bicyclic) bond motifs is 3. The maximum Gasteiger partial charge on any atom is 0.416 e. The number of aromatic hydroxyl groups is 1. The van der Waals surface area contributed by atoms with E-state index in [0.29, 0.717) is 11.3 Å². The van der Waals surface area contributed by atoms with Gasteiger partial charge in [0.25, 0.3) is 0 Å². The van der Waals surface area contributed by atoms with Crippen LogP contribution < -0.4 is 5.32 Å². The molecule has 2 heterocycles. The SMILES string of the molecule is OCC1COC2C(c3cccc(O)c3)Nc3ccc(C(F)(F)F)cc3C2O1. The zero-order valence-electron chi connectivity index (χ0n) is 14.1. The minimum absolute atomic E-state index is 0.0778. The lowest BCUT2D eigenvalue weighted by atomic mass is 9.86. The van der Waals surface area contributed by atoms with E-state index in [1.54, 1.807) is 18.2 Å². The van der Waals surface area contributed by atoms with E-state index in [2.05, 4.69) is 5.32 Å². The van der Waals surface area contributed by atoms with Crippen molar-refractivity contribution >= 4 is 5.69 Å². The largest absolute Gasteiger partial charge is 0.508 e. The molecule has 2 aliphatic rings. The highest BCUT2D eigenvalue weighted by Gasteiger charge is 2.44. The van der Waals surface area contributed by atoms with Gasteiger partial charge in [-0.2, -0.15) is 13.2 Å². The lowest BCUT2D eigenvalue weighted by molar-refractivity contribution is -0.199. The molecule has 0 aliphatic carbocycles. The molecular formula is C19H18F3NO4. The van der Waals surface area contributed by atoms with Gasteiger partial charge >= 0.3 is 6.18 Å². The highest BCUT2D eigenvalue weighted by Crippen LogP contribution is 2.47. The van der Waals surface area contributed by atoms with Crippen LogP contribution in [0.15, 0.2) is 42.5 Å². The molecule has 1 fully saturated rings. The topological polar surface area (TPSA) is 71.0 Å². The van der Waals surface area contributed by atoms with Gasteiger partial charge in [0.15, 0.2) is 0 Å². The quantitative estimate of drug-likeness (QED) is 0.744. The number of hydrogen-bond acceptors (Lipinski definition) is 5. The molecule has 0 aromatic heterocycles. The van der Waals surface area contributed by atoms with Crippen molar-refractivity contribution in [3.63, 3.8) is 0 Å². The number of benzene rings is 2. The lowest BCUT2D eigenvalue weighted by Gasteiger charge is -2.45. The molecule has 4 atom stereocenters. The first-order chi connectivity index (χ1) is 12.9. The molecular weight excluding hydrogens is 363 g/mol. The second-order valence-corrected chi connectivity index (χ2v) is 6.68. The maximum atomic E-state index is 13.2. The number of aliphatic hydroxyl groups excluding tert-OH is 1. The maximum absolute atomic E-state index is 13.2. The number of aliphatic hydroxyl groups is 1. The van der Waals surface area contributed by atoms with Gasteiger partial charge in [0.2, 0.25) is 0 Å². The highest BCUT2D eigenvalue weighted by molar-refractivity contribution is 5.59. The molecule has 4 rings (SSSR count). The predicted molar refractivity (Wildman–Crippen MR) is 90.4 cm³/mol. The van der Waals surface area contributed by atoms with Crippen molar-refractivity contribution in [1.29, 1.82) is 0 Å². The van der Waals surface area contributed by atoms with Crippen LogP contribution in [-0.2, 0) is 15.7 Å². The fourth-order valence-electron chi connectivity index (χ4n) is 3.59. The van der Waals surface area contributed by atoms with Crippen LogP contribution in [0.4, 0.5) is 18.9 Å². The summed E-state index contributed by atoms with van der Waals surface area (Å²) in [5, 5.41) is 22.4. The van der Waals surface area contributed by atoms with Gasteiger partial charge < -0.3 is 25.0 Å². The van der Waals surface area contributed by atoms with E-state index in [9.17, 15) is 23.4 Å². The number of phenols is 1. The Morgan fingerprint density at radius 1 is 1.15 bits per heavy atom. The summed E-state index contributed by atoms with van der Waals surface area (Å²) in [6.07, 6.45) is -6.47. The van der Waals surface area contributed by atoms with Crippen LogP contribution in [0.3, 0.4) is 0 Å². The zero-order chi connectivity index (χ0) is 19.2. The van der Waals surface area contributed by atoms with Gasteiger partial charge in [0, 0.05) is 11.3 Å². The number of ether oxygens (including phenoxy) is 2. The molecule has 0 amide bonds. The van der Waals surface area contributed by atoms with Crippen molar-refractivity contribution in [1.82, 2.24) is 0 Å². The van der Waals surface area contributed by atoms with Crippen LogP contribution in [0, 0.1) is 0 Å². The van der Waals surface area contributed by atoms with E-state index < -0.39 is 36.1 Å². The third-order valence-corrected chi connectivity index (χ3v) is 4.87. The Labute approximate surface area is 153 Å². The Kier molecular flexibility index (Phi) is 4.49. The van der Waals surface area contributed by atoms with E-state index in [-0.39, 0.29) is 19.0 Å². The zero-order valence-corrected chi connectivity index (χ0v) is 14.1. The van der Waals surface area contributed by atoms with Gasteiger partial charge in [-0.05, 0) is 35.9 Å². The third-order valence-electron chi connectivity index (χ3n) is 4.87. The van der Waals surface area contributed by atoms with Crippen molar-refractivity contribution in [3.8, 4) is 5.75 Å². The van der Waals surface area contributed by atoms with Crippen molar-refractivity contribution in [2.45, 2.75) is 30.5 Å². The molecule has 4 unspecified atom stereocenters. The van der Waals surface area contributed by atoms with Crippen molar-refractivity contribution in [3.05, 3.63) is 59.2 Å². The number of halogens is 3. The van der Waals surface area contributed by atoms with Gasteiger partial charge in [-0.15, -0.1) is 0 Å². The Balaban J connectivity index is 1.78. The molecule has 0 saturated carbocycles. The average molecular weight is 381 g/mol. The van der Waals surface area contributed by atoms with Gasteiger partial charge in [0.05, 0.1) is 24.8 Å². The third kappa shape index (κ3) is 3.36. The predicted octanol–water partition coefficient (Wildman–Crippen LogP) is 3.40. The summed E-state index contributed by atoms with van der Waals surface area (Å²) in [4.78, 5) is 0. The van der Waals surface area contributed by atoms with Crippen LogP contribution in [0.2, 0.25) is 0 Å². The van der Waals surface area contributed by atoms with Crippen molar-refractivity contribution in [2.75, 3.05) is 18.5 Å². The van der Waals surface area contributed by atoms with Gasteiger partial charge in [-0.3, -0.25) is 0 Å². The number of rotatable bonds is 2. The average Bonchev–Trinajstić information content (AvgIpc) is 2.65. The summed E-state index contributed by atoms with van der Waals surface area (Å²) in [6, 6.07) is 9.61. The van der Waals surface area contributed by atoms with Crippen LogP contribution >= 0.6 is 0 Å². The lowest BCUT2D eigenvalue weighted by Crippen LogP contribution is -2.47. The standard InChI is InChI=1S/C19H18F3NO4/c20-19(21,22)11-4-5-15-14(7-11)17-18(26-9-13(8-24)27-17)16(23-15)10-2-1-3-12(25)6-10/h1-7,13,16-18,23-25H,8-9H2. The van der Waals surface area contributed by atoms with E-state index in [0.717, 1.165) is 17.7 Å². The number of nitrogens with one attached hydrogen (secondary N) is 1. The van der Waals surface area contributed by atoms with E-state index in [1.807, 2.05) is 0 Å². The highest BCUT2D eigenvalue weighted by atomic mass is 19.4. The fourth-order valence-corrected chi connectivity index (χ4v) is 3.59. The van der Waals surface area contributed by atoms with Gasteiger partial charge in [-0.25, -0.2) is 0 Å². The summed E-state index contributed by atoms with van der Waals surface area (Å²) < 4.78 is 51.2. The Morgan fingerprint density at radius 3 is 2.67 bits per heavy atom. The molecule has 0 bridgehead atoms. The fraction of sp³-hybridized carbons (Fsp3) is 0.368. The van der Waals surface area contributed by atoms with Crippen LogP contribution in [0.5, 0.6) is 5.75 Å². The molecule has 8 heteroatoms. The molecule has 2 aromatic carbocycles. The molecule has 0 spiro atoms. The minimum Gasteiger partial charge on any atom is -0.508 e. The normalized spacial score (nSPS) is 27.4. The van der Waals surface area contributed by atoms with Crippen molar-refractivity contribution in [2.24, 2.45) is 0 Å². The Bertz CT molecular complexity index is 842. The molecule has 1 saturated heterocycles. The number of alkyl halides is 3. The number of hydrogen-bond donors (Lipinski definition) is 3. The van der Waals surface area contributed by atoms with Crippen molar-refractivity contribution < 1.29 is 32.9 Å². The number of anilines is 1. The molecule has 0 radical (unpaired) electrons. The first-order valence-corrected chi connectivity index (χ1v) is 8.51. The molecule has 144 valence electrons. The minimum atomic E-state index is -4.47. The second-order valence-electron chi connectivity index (χ2n) is 6.68. The molecule has 2 aliphatic heterocycles. The first-order valence-electron chi connectivity index (χ1n) is 8.51. The first kappa shape index (κ1) is 18.1. The van der Waals surface area contributed by atoms with Gasteiger partial charge in [0.1, 0.15) is 24.1 Å². The summed E-state index contributed by atoms with van der Waals surface area (Å²) in [6.45, 7) is -0.162. The summed E-state index contributed by atoms with van der Waals surface area (Å²) >= 11 is 0. The molecule has 5 nitrogen and oxygen atoms in total. The smallest absolute Gasteiger partial charge is 0.416 e.